The molecule has 0 amide bonds. The molecule has 3 N–H and O–H groups in total. The van der Waals surface area contributed by atoms with Gasteiger partial charge < -0.3 is 15.6 Å². The maximum atomic E-state index is 10.7. The Morgan fingerprint density at radius 2 is 1.89 bits per heavy atom. The van der Waals surface area contributed by atoms with Crippen molar-refractivity contribution < 1.29 is 9.84 Å². The van der Waals surface area contributed by atoms with Crippen molar-refractivity contribution in [2.75, 3.05) is 13.7 Å². The van der Waals surface area contributed by atoms with Crippen LogP contribution in [0.25, 0.3) is 0 Å². The minimum Gasteiger partial charge on any atom is -0.497 e. The van der Waals surface area contributed by atoms with Crippen molar-refractivity contribution >= 4 is 0 Å². The van der Waals surface area contributed by atoms with E-state index >= 15 is 0 Å². The predicted molar refractivity (Wildman–Crippen MR) is 74.9 cm³/mol. The molecule has 0 aliphatic rings. The predicted octanol–water partition coefficient (Wildman–Crippen LogP) is 2.68. The minimum atomic E-state index is -0.710. The molecule has 1 rings (SSSR count). The Balaban J connectivity index is 2.99. The largest absolute Gasteiger partial charge is 0.497 e. The lowest BCUT2D eigenvalue weighted by Gasteiger charge is -2.35. The molecule has 0 saturated carbocycles. The maximum Gasteiger partial charge on any atom is 0.118 e. The fraction of sp³-hybridized carbons (Fsp3) is 0.600. The van der Waals surface area contributed by atoms with E-state index in [1.807, 2.05) is 31.2 Å². The first kappa shape index (κ1) is 15.0. The zero-order valence-electron chi connectivity index (χ0n) is 11.6. The van der Waals surface area contributed by atoms with E-state index < -0.39 is 5.60 Å². The quantitative estimate of drug-likeness (QED) is 0.783. The molecule has 1 aromatic carbocycles. The monoisotopic (exact) mass is 251 g/mol. The molecule has 0 saturated heterocycles. The van der Waals surface area contributed by atoms with Gasteiger partial charge in [0.05, 0.1) is 12.7 Å². The number of hydrogen-bond donors (Lipinski definition) is 2. The Bertz CT molecular complexity index is 350. The topological polar surface area (TPSA) is 55.5 Å². The zero-order valence-corrected chi connectivity index (χ0v) is 11.6. The van der Waals surface area contributed by atoms with Gasteiger partial charge in [0, 0.05) is 12.5 Å². The van der Waals surface area contributed by atoms with Crippen molar-refractivity contribution in [3.8, 4) is 5.75 Å². The lowest BCUT2D eigenvalue weighted by molar-refractivity contribution is 0.00140. The van der Waals surface area contributed by atoms with E-state index in [-0.39, 0.29) is 5.92 Å². The number of hydrogen-bond acceptors (Lipinski definition) is 3. The van der Waals surface area contributed by atoms with Crippen LogP contribution in [0.15, 0.2) is 24.3 Å². The summed E-state index contributed by atoms with van der Waals surface area (Å²) in [5, 5.41) is 10.7. The summed E-state index contributed by atoms with van der Waals surface area (Å²) < 4.78 is 5.15. The molecule has 18 heavy (non-hydrogen) atoms. The van der Waals surface area contributed by atoms with Gasteiger partial charge in [-0.25, -0.2) is 0 Å². The summed E-state index contributed by atoms with van der Waals surface area (Å²) >= 11 is 0. The summed E-state index contributed by atoms with van der Waals surface area (Å²) in [7, 11) is 1.65. The molecule has 0 bridgehead atoms. The number of benzene rings is 1. The van der Waals surface area contributed by atoms with E-state index in [9.17, 15) is 5.11 Å². The van der Waals surface area contributed by atoms with Gasteiger partial charge in [-0.15, -0.1) is 0 Å². The standard InChI is InChI=1S/C15H25NO2/c1-4-10-15(17,5-2)14(11-16)12-6-8-13(18-3)9-7-12/h6-9,14,17H,4-5,10-11,16H2,1-3H3. The van der Waals surface area contributed by atoms with Crippen LogP contribution in [0, 0.1) is 0 Å². The first-order chi connectivity index (χ1) is 8.61. The van der Waals surface area contributed by atoms with Crippen molar-refractivity contribution in [1.29, 1.82) is 0 Å². The molecule has 0 fully saturated rings. The van der Waals surface area contributed by atoms with Crippen LogP contribution in [0.1, 0.15) is 44.6 Å². The molecule has 0 aliphatic heterocycles. The summed E-state index contributed by atoms with van der Waals surface area (Å²) in [5.74, 6) is 0.804. The first-order valence-electron chi connectivity index (χ1n) is 6.67. The third-order valence-electron chi connectivity index (χ3n) is 3.70. The Labute approximate surface area is 110 Å². The molecule has 1 aromatic rings. The molecule has 2 unspecified atom stereocenters. The number of ether oxygens (including phenoxy) is 1. The average molecular weight is 251 g/mol. The average Bonchev–Trinajstić information content (AvgIpc) is 2.40. The summed E-state index contributed by atoms with van der Waals surface area (Å²) in [6, 6.07) is 7.82. The van der Waals surface area contributed by atoms with Gasteiger partial charge in [0.1, 0.15) is 5.75 Å². The lowest BCUT2D eigenvalue weighted by atomic mass is 9.77. The molecular formula is C15H25NO2. The number of rotatable bonds is 7. The Morgan fingerprint density at radius 3 is 2.28 bits per heavy atom. The maximum absolute atomic E-state index is 10.7. The molecular weight excluding hydrogens is 226 g/mol. The van der Waals surface area contributed by atoms with E-state index in [1.165, 1.54) is 0 Å². The van der Waals surface area contributed by atoms with E-state index in [0.29, 0.717) is 13.0 Å². The van der Waals surface area contributed by atoms with Crippen LogP contribution in [0.2, 0.25) is 0 Å². The van der Waals surface area contributed by atoms with Gasteiger partial charge in [0.2, 0.25) is 0 Å². The van der Waals surface area contributed by atoms with E-state index in [0.717, 1.165) is 24.2 Å². The fourth-order valence-electron chi connectivity index (χ4n) is 2.53. The van der Waals surface area contributed by atoms with E-state index in [4.69, 9.17) is 10.5 Å². The first-order valence-corrected chi connectivity index (χ1v) is 6.67. The molecule has 0 aromatic heterocycles. The molecule has 0 heterocycles. The Hall–Kier alpha value is -1.06. The molecule has 0 aliphatic carbocycles. The molecule has 102 valence electrons. The molecule has 3 nitrogen and oxygen atoms in total. The molecule has 0 radical (unpaired) electrons. The highest BCUT2D eigenvalue weighted by Gasteiger charge is 2.34. The summed E-state index contributed by atoms with van der Waals surface area (Å²) in [4.78, 5) is 0. The summed E-state index contributed by atoms with van der Waals surface area (Å²) in [6.07, 6.45) is 2.45. The smallest absolute Gasteiger partial charge is 0.118 e. The fourth-order valence-corrected chi connectivity index (χ4v) is 2.53. The van der Waals surface area contributed by atoms with Crippen LogP contribution in [-0.4, -0.2) is 24.4 Å². The SMILES string of the molecule is CCCC(O)(CC)C(CN)c1ccc(OC)cc1. The van der Waals surface area contributed by atoms with Gasteiger partial charge in [-0.3, -0.25) is 0 Å². The van der Waals surface area contributed by atoms with Gasteiger partial charge in [0.15, 0.2) is 0 Å². The van der Waals surface area contributed by atoms with Crippen LogP contribution in [0.5, 0.6) is 5.75 Å². The second kappa shape index (κ2) is 6.76. The summed E-state index contributed by atoms with van der Waals surface area (Å²) in [6.45, 7) is 4.56. The van der Waals surface area contributed by atoms with Crippen LogP contribution in [0.4, 0.5) is 0 Å². The Kier molecular flexibility index (Phi) is 5.63. The van der Waals surface area contributed by atoms with Crippen LogP contribution in [0.3, 0.4) is 0 Å². The number of methoxy groups -OCH3 is 1. The second-order valence-corrected chi connectivity index (χ2v) is 4.77. The summed E-state index contributed by atoms with van der Waals surface area (Å²) in [5.41, 5.74) is 6.25. The minimum absolute atomic E-state index is 0.0200. The van der Waals surface area contributed by atoms with Crippen molar-refractivity contribution in [2.45, 2.75) is 44.6 Å². The van der Waals surface area contributed by atoms with Crippen molar-refractivity contribution in [1.82, 2.24) is 0 Å². The van der Waals surface area contributed by atoms with Gasteiger partial charge in [-0.2, -0.15) is 0 Å². The van der Waals surface area contributed by atoms with Gasteiger partial charge in [-0.05, 0) is 30.5 Å². The van der Waals surface area contributed by atoms with Crippen molar-refractivity contribution in [3.05, 3.63) is 29.8 Å². The van der Waals surface area contributed by atoms with Crippen molar-refractivity contribution in [2.24, 2.45) is 5.73 Å². The lowest BCUT2D eigenvalue weighted by Crippen LogP contribution is -2.39. The highest BCUT2D eigenvalue weighted by atomic mass is 16.5. The van der Waals surface area contributed by atoms with Gasteiger partial charge in [0.25, 0.3) is 0 Å². The third kappa shape index (κ3) is 3.24. The second-order valence-electron chi connectivity index (χ2n) is 4.77. The highest BCUT2D eigenvalue weighted by molar-refractivity contribution is 5.31. The Morgan fingerprint density at radius 1 is 1.28 bits per heavy atom. The number of nitrogens with two attached hydrogens (primary N) is 1. The highest BCUT2D eigenvalue weighted by Crippen LogP contribution is 2.34. The molecule has 2 atom stereocenters. The number of aliphatic hydroxyl groups is 1. The third-order valence-corrected chi connectivity index (χ3v) is 3.70. The van der Waals surface area contributed by atoms with Gasteiger partial charge >= 0.3 is 0 Å². The van der Waals surface area contributed by atoms with Crippen LogP contribution < -0.4 is 10.5 Å². The van der Waals surface area contributed by atoms with Gasteiger partial charge in [-0.1, -0.05) is 32.4 Å². The van der Waals surface area contributed by atoms with E-state index in [1.54, 1.807) is 7.11 Å². The molecule has 3 heteroatoms. The normalized spacial score (nSPS) is 16.1. The molecule has 0 spiro atoms. The zero-order chi connectivity index (χ0) is 13.6. The van der Waals surface area contributed by atoms with Crippen LogP contribution in [-0.2, 0) is 0 Å². The van der Waals surface area contributed by atoms with E-state index in [2.05, 4.69) is 6.92 Å². The van der Waals surface area contributed by atoms with Crippen LogP contribution >= 0.6 is 0 Å². The van der Waals surface area contributed by atoms with Crippen molar-refractivity contribution in [3.63, 3.8) is 0 Å².